The molecule has 11 heteroatoms. The molecule has 10 nitrogen and oxygen atoms in total. The molecule has 2 aromatic carbocycles. The minimum Gasteiger partial charge on any atom is -0.487 e. The average molecular weight is 782 g/mol. The summed E-state index contributed by atoms with van der Waals surface area (Å²) in [6, 6.07) is 16.9. The van der Waals surface area contributed by atoms with Gasteiger partial charge in [-0.05, 0) is 145 Å². The fourth-order valence-corrected chi connectivity index (χ4v) is 9.65. The Hall–Kier alpha value is -3.91. The predicted molar refractivity (Wildman–Crippen MR) is 223 cm³/mol. The smallest absolute Gasteiger partial charge is 0.410 e. The van der Waals surface area contributed by atoms with Gasteiger partial charge in [0.1, 0.15) is 18.0 Å². The molecule has 7 rings (SSSR count). The largest absolute Gasteiger partial charge is 0.487 e. The molecule has 5 heterocycles. The minimum atomic E-state index is -0.449. The molecule has 0 bridgehead atoms. The third-order valence-corrected chi connectivity index (χ3v) is 13.1. The molecular formula is C45H60ClN7O3. The fourth-order valence-electron chi connectivity index (χ4n) is 9.42. The summed E-state index contributed by atoms with van der Waals surface area (Å²) in [6.07, 6.45) is 11.1. The number of carbonyl (C=O) groups excluding carboxylic acids is 1. The summed E-state index contributed by atoms with van der Waals surface area (Å²) in [5.74, 6) is 1.57. The van der Waals surface area contributed by atoms with E-state index in [-0.39, 0.29) is 16.9 Å². The Morgan fingerprint density at radius 3 is 2.18 bits per heavy atom. The minimum absolute atomic E-state index is 0.142. The first-order chi connectivity index (χ1) is 26.8. The highest BCUT2D eigenvalue weighted by Gasteiger charge is 2.42. The molecule has 0 radical (unpaired) electrons. The van der Waals surface area contributed by atoms with Crippen LogP contribution in [0.1, 0.15) is 103 Å². The van der Waals surface area contributed by atoms with Gasteiger partial charge in [0, 0.05) is 54.9 Å². The second kappa shape index (κ2) is 16.9. The van der Waals surface area contributed by atoms with Crippen LogP contribution in [0.3, 0.4) is 0 Å². The van der Waals surface area contributed by atoms with Gasteiger partial charge in [0.05, 0.1) is 12.3 Å². The Balaban J connectivity index is 0.840. The van der Waals surface area contributed by atoms with Crippen LogP contribution < -0.4 is 9.64 Å². The van der Waals surface area contributed by atoms with Gasteiger partial charge in [0.15, 0.2) is 5.69 Å². The zero-order valence-electron chi connectivity index (χ0n) is 34.1. The molecule has 3 aromatic rings. The maximum atomic E-state index is 12.8. The number of amides is 1. The molecule has 300 valence electrons. The van der Waals surface area contributed by atoms with Crippen LogP contribution in [0.4, 0.5) is 16.4 Å². The molecule has 0 atom stereocenters. The number of nitrogens with zero attached hydrogens (tertiary/aromatic N) is 7. The Bertz CT molecular complexity index is 1850. The molecule has 1 amide bonds. The number of carbonyl (C=O) groups is 1. The van der Waals surface area contributed by atoms with Crippen molar-refractivity contribution in [2.45, 2.75) is 116 Å². The van der Waals surface area contributed by atoms with Gasteiger partial charge in [-0.15, -0.1) is 0 Å². The molecule has 4 saturated heterocycles. The summed E-state index contributed by atoms with van der Waals surface area (Å²) >= 11 is 6.32. The monoisotopic (exact) mass is 781 g/mol. The van der Waals surface area contributed by atoms with Gasteiger partial charge in [-0.1, -0.05) is 43.6 Å². The third kappa shape index (κ3) is 9.61. The molecule has 0 N–H and O–H groups in total. The number of hydrogen-bond donors (Lipinski definition) is 0. The van der Waals surface area contributed by atoms with Crippen molar-refractivity contribution in [1.82, 2.24) is 24.7 Å². The van der Waals surface area contributed by atoms with E-state index in [0.717, 1.165) is 87.0 Å². The van der Waals surface area contributed by atoms with Crippen LogP contribution in [0.15, 0.2) is 54.7 Å². The van der Waals surface area contributed by atoms with E-state index in [1.807, 2.05) is 62.2 Å². The number of halogens is 1. The van der Waals surface area contributed by atoms with Crippen molar-refractivity contribution < 1.29 is 14.3 Å². The summed E-state index contributed by atoms with van der Waals surface area (Å²) in [7, 11) is 0. The molecule has 1 aromatic heterocycles. The Morgan fingerprint density at radius 1 is 0.857 bits per heavy atom. The number of hydrogen-bond acceptors (Lipinski definition) is 8. The lowest BCUT2D eigenvalue weighted by Gasteiger charge is -2.50. The van der Waals surface area contributed by atoms with Crippen molar-refractivity contribution in [2.24, 2.45) is 5.41 Å². The molecule has 4 aliphatic rings. The highest BCUT2D eigenvalue weighted by molar-refractivity contribution is 6.31. The molecular weight excluding hydrogens is 722 g/mol. The maximum Gasteiger partial charge on any atom is 0.410 e. The summed E-state index contributed by atoms with van der Waals surface area (Å²) in [6.45, 7) is 26.2. The van der Waals surface area contributed by atoms with E-state index in [2.05, 4.69) is 50.5 Å². The van der Waals surface area contributed by atoms with E-state index in [1.54, 1.807) is 6.07 Å². The van der Waals surface area contributed by atoms with E-state index >= 15 is 0 Å². The molecule has 0 aliphatic carbocycles. The third-order valence-electron chi connectivity index (χ3n) is 12.8. The van der Waals surface area contributed by atoms with Gasteiger partial charge in [-0.2, -0.15) is 0 Å². The van der Waals surface area contributed by atoms with Crippen molar-refractivity contribution in [2.75, 3.05) is 57.3 Å². The lowest BCUT2D eigenvalue weighted by Crippen LogP contribution is -2.55. The normalized spacial score (nSPS) is 20.5. The second-order valence-electron chi connectivity index (χ2n) is 18.1. The zero-order chi connectivity index (χ0) is 39.5. The van der Waals surface area contributed by atoms with Crippen molar-refractivity contribution >= 4 is 29.3 Å². The Kier molecular flexibility index (Phi) is 12.2. The van der Waals surface area contributed by atoms with Crippen LogP contribution in [-0.2, 0) is 16.8 Å². The molecule has 0 unspecified atom stereocenters. The Morgan fingerprint density at radius 2 is 1.52 bits per heavy atom. The van der Waals surface area contributed by atoms with Crippen LogP contribution in [0.5, 0.6) is 5.75 Å². The first-order valence-electron chi connectivity index (χ1n) is 20.7. The topological polar surface area (TPSA) is 78.6 Å². The second-order valence-corrected chi connectivity index (χ2v) is 18.6. The zero-order valence-corrected chi connectivity index (χ0v) is 34.9. The number of ether oxygens (including phenoxy) is 2. The Labute approximate surface area is 339 Å². The van der Waals surface area contributed by atoms with Crippen molar-refractivity contribution in [3.05, 3.63) is 88.0 Å². The van der Waals surface area contributed by atoms with E-state index in [1.165, 1.54) is 45.2 Å². The van der Waals surface area contributed by atoms with Crippen LogP contribution in [0.25, 0.3) is 4.85 Å². The number of anilines is 1. The molecule has 4 fully saturated rings. The number of rotatable bonds is 8. The van der Waals surface area contributed by atoms with E-state index in [9.17, 15) is 4.79 Å². The summed E-state index contributed by atoms with van der Waals surface area (Å²) < 4.78 is 11.9. The van der Waals surface area contributed by atoms with Gasteiger partial charge in [0.25, 0.3) is 0 Å². The molecule has 56 heavy (non-hydrogen) atoms. The van der Waals surface area contributed by atoms with Crippen LogP contribution >= 0.6 is 11.6 Å². The number of piperidine rings is 4. The van der Waals surface area contributed by atoms with E-state index < -0.39 is 5.60 Å². The maximum absolute atomic E-state index is 12.8. The van der Waals surface area contributed by atoms with Crippen LogP contribution in [-0.4, -0.2) is 101 Å². The first kappa shape index (κ1) is 40.3. The quantitative estimate of drug-likeness (QED) is 0.210. The van der Waals surface area contributed by atoms with Gasteiger partial charge < -0.3 is 29.1 Å². The summed E-state index contributed by atoms with van der Waals surface area (Å²) in [5, 5.41) is 0.574. The van der Waals surface area contributed by atoms with Gasteiger partial charge in [0.2, 0.25) is 5.95 Å². The first-order valence-corrected chi connectivity index (χ1v) is 21.1. The van der Waals surface area contributed by atoms with Crippen LogP contribution in [0, 0.1) is 12.0 Å². The molecule has 1 spiro atoms. The lowest BCUT2D eigenvalue weighted by molar-refractivity contribution is -0.0220. The van der Waals surface area contributed by atoms with Crippen molar-refractivity contribution in [3.8, 4) is 5.75 Å². The lowest BCUT2D eigenvalue weighted by atomic mass is 9.72. The van der Waals surface area contributed by atoms with Gasteiger partial charge in [-0.3, -0.25) is 0 Å². The molecule has 0 saturated carbocycles. The predicted octanol–water partition coefficient (Wildman–Crippen LogP) is 9.13. The van der Waals surface area contributed by atoms with Gasteiger partial charge in [-0.25, -0.2) is 19.6 Å². The number of aromatic nitrogens is 2. The summed E-state index contributed by atoms with van der Waals surface area (Å²) in [4.78, 5) is 35.8. The van der Waals surface area contributed by atoms with Crippen LogP contribution in [0.2, 0.25) is 5.02 Å². The average Bonchev–Trinajstić information content (AvgIpc) is 3.20. The number of benzene rings is 2. The fraction of sp³-hybridized carbons (Fsp3) is 0.600. The van der Waals surface area contributed by atoms with Crippen molar-refractivity contribution in [3.63, 3.8) is 0 Å². The SMILES string of the molecule is [C-]#[N+]c1cc(Cl)cc(C(C)(C)c2ccc(OCc3ccnc(N4CCC(N5CCC(N6CCC7(CCCN(C(=O)OC(C)(C)C)C7)CC6)CC5)CC4)n3)cc2)c1. The van der Waals surface area contributed by atoms with E-state index in [4.69, 9.17) is 32.6 Å². The summed E-state index contributed by atoms with van der Waals surface area (Å²) in [5.41, 5.74) is 3.01. The standard InChI is InChI=1S/C45H60ClN7O3/c1-43(2,3)56-42(54)53-21-7-17-45(32-53)18-26-51(27-19-45)39-13-22-50(23-14-39)38-15-24-52(25-16-38)41-48-20-12-36(49-41)31-55-40-10-8-33(9-11-40)44(4,5)34-28-35(46)30-37(29-34)47-6/h8-12,20,28-30,38-39H,7,13-19,21-27,31-32H2,1-5H3. The molecule has 4 aliphatic heterocycles. The highest BCUT2D eigenvalue weighted by Crippen LogP contribution is 2.42. The van der Waals surface area contributed by atoms with Crippen molar-refractivity contribution in [1.29, 1.82) is 0 Å². The van der Waals surface area contributed by atoms with Gasteiger partial charge >= 0.3 is 6.09 Å². The van der Waals surface area contributed by atoms with E-state index in [0.29, 0.717) is 29.4 Å². The highest BCUT2D eigenvalue weighted by atomic mass is 35.5. The number of likely N-dealkylation sites (tertiary alicyclic amines) is 3.